The zero-order valence-electron chi connectivity index (χ0n) is 10.7. The average Bonchev–Trinajstić information content (AvgIpc) is 2.40. The molecule has 0 N–H and O–H groups in total. The van der Waals surface area contributed by atoms with Gasteiger partial charge in [0.25, 0.3) is 5.91 Å². The van der Waals surface area contributed by atoms with Crippen LogP contribution in [0.25, 0.3) is 0 Å². The number of nitrogens with zero attached hydrogens (tertiary/aromatic N) is 1. The van der Waals surface area contributed by atoms with E-state index in [0.29, 0.717) is 10.0 Å². The van der Waals surface area contributed by atoms with E-state index in [2.05, 4.69) is 15.9 Å². The van der Waals surface area contributed by atoms with Gasteiger partial charge in [-0.15, -0.1) is 0 Å². The Morgan fingerprint density at radius 2 is 1.89 bits per heavy atom. The molecule has 2 aromatic carbocycles. The van der Waals surface area contributed by atoms with Crippen molar-refractivity contribution < 1.29 is 9.18 Å². The Labute approximate surface area is 120 Å². The first-order valence-electron chi connectivity index (χ1n) is 5.79. The van der Waals surface area contributed by atoms with Crippen LogP contribution in [0.4, 0.5) is 10.1 Å². The van der Waals surface area contributed by atoms with Crippen LogP contribution in [-0.2, 0) is 0 Å². The Morgan fingerprint density at radius 1 is 1.21 bits per heavy atom. The van der Waals surface area contributed by atoms with Crippen LogP contribution in [0.15, 0.2) is 46.9 Å². The highest BCUT2D eigenvalue weighted by Gasteiger charge is 2.18. The van der Waals surface area contributed by atoms with Gasteiger partial charge in [-0.05, 0) is 47.1 Å². The van der Waals surface area contributed by atoms with Gasteiger partial charge in [0.15, 0.2) is 0 Å². The third-order valence-electron chi connectivity index (χ3n) is 2.87. The summed E-state index contributed by atoms with van der Waals surface area (Å²) in [6.45, 7) is 1.91. The number of halogens is 2. The summed E-state index contributed by atoms with van der Waals surface area (Å²) < 4.78 is 14.4. The Hall–Kier alpha value is -1.68. The first-order valence-corrected chi connectivity index (χ1v) is 6.58. The lowest BCUT2D eigenvalue weighted by Gasteiger charge is -2.19. The van der Waals surface area contributed by atoms with Gasteiger partial charge in [-0.3, -0.25) is 4.79 Å². The molecule has 0 radical (unpaired) electrons. The summed E-state index contributed by atoms with van der Waals surface area (Å²) in [4.78, 5) is 13.7. The highest BCUT2D eigenvalue weighted by atomic mass is 79.9. The van der Waals surface area contributed by atoms with Crippen molar-refractivity contribution in [3.8, 4) is 0 Å². The second-order valence-electron chi connectivity index (χ2n) is 4.30. The minimum Gasteiger partial charge on any atom is -0.309 e. The van der Waals surface area contributed by atoms with Crippen molar-refractivity contribution >= 4 is 27.5 Å². The molecule has 98 valence electrons. The van der Waals surface area contributed by atoms with Crippen LogP contribution in [0.3, 0.4) is 0 Å². The molecule has 0 bridgehead atoms. The number of aryl methyl sites for hydroxylation is 1. The zero-order valence-corrected chi connectivity index (χ0v) is 12.2. The second kappa shape index (κ2) is 5.53. The molecule has 0 aliphatic heterocycles. The van der Waals surface area contributed by atoms with Crippen LogP contribution < -0.4 is 4.90 Å². The van der Waals surface area contributed by atoms with E-state index >= 15 is 0 Å². The van der Waals surface area contributed by atoms with E-state index in [4.69, 9.17) is 0 Å². The molecule has 1 amide bonds. The Morgan fingerprint density at radius 3 is 2.58 bits per heavy atom. The van der Waals surface area contributed by atoms with Crippen molar-refractivity contribution in [2.75, 3.05) is 11.9 Å². The lowest BCUT2D eigenvalue weighted by molar-refractivity contribution is 0.0991. The van der Waals surface area contributed by atoms with Crippen molar-refractivity contribution in [2.24, 2.45) is 0 Å². The smallest absolute Gasteiger partial charge is 0.259 e. The van der Waals surface area contributed by atoms with Gasteiger partial charge < -0.3 is 4.90 Å². The molecule has 0 aromatic heterocycles. The van der Waals surface area contributed by atoms with Gasteiger partial charge in [-0.1, -0.05) is 23.8 Å². The number of amides is 1. The van der Waals surface area contributed by atoms with Gasteiger partial charge in [0.2, 0.25) is 0 Å². The van der Waals surface area contributed by atoms with E-state index in [0.717, 1.165) is 5.56 Å². The molecular formula is C15H13BrFNO. The van der Waals surface area contributed by atoms with E-state index in [1.165, 1.54) is 11.0 Å². The van der Waals surface area contributed by atoms with Gasteiger partial charge in [-0.2, -0.15) is 0 Å². The summed E-state index contributed by atoms with van der Waals surface area (Å²) in [5, 5.41) is 0. The maximum Gasteiger partial charge on any atom is 0.259 e. The molecule has 0 atom stereocenters. The zero-order chi connectivity index (χ0) is 14.0. The van der Waals surface area contributed by atoms with Gasteiger partial charge >= 0.3 is 0 Å². The molecule has 0 saturated carbocycles. The van der Waals surface area contributed by atoms with E-state index in [1.54, 1.807) is 31.3 Å². The number of para-hydroxylation sites is 1. The maximum absolute atomic E-state index is 13.7. The van der Waals surface area contributed by atoms with Gasteiger partial charge in [0, 0.05) is 11.5 Å². The number of rotatable bonds is 2. The number of benzene rings is 2. The third-order valence-corrected chi connectivity index (χ3v) is 3.56. The summed E-state index contributed by atoms with van der Waals surface area (Å²) in [5.41, 5.74) is 1.76. The van der Waals surface area contributed by atoms with Crippen LogP contribution in [0.5, 0.6) is 0 Å². The van der Waals surface area contributed by atoms with Gasteiger partial charge in [0.05, 0.1) is 11.3 Å². The molecule has 0 unspecified atom stereocenters. The largest absolute Gasteiger partial charge is 0.309 e. The summed E-state index contributed by atoms with van der Waals surface area (Å²) in [7, 11) is 1.56. The van der Waals surface area contributed by atoms with E-state index in [1.807, 2.05) is 19.1 Å². The fourth-order valence-electron chi connectivity index (χ4n) is 1.82. The molecule has 2 rings (SSSR count). The summed E-state index contributed by atoms with van der Waals surface area (Å²) in [5.74, 6) is -0.664. The normalized spacial score (nSPS) is 10.3. The second-order valence-corrected chi connectivity index (χ2v) is 5.15. The highest BCUT2D eigenvalue weighted by Crippen LogP contribution is 2.24. The van der Waals surface area contributed by atoms with Crippen LogP contribution in [0, 0.1) is 12.7 Å². The number of hydrogen-bond acceptors (Lipinski definition) is 1. The molecule has 2 aromatic rings. The van der Waals surface area contributed by atoms with E-state index in [9.17, 15) is 9.18 Å². The first-order chi connectivity index (χ1) is 9.00. The average molecular weight is 322 g/mol. The molecule has 0 saturated heterocycles. The third kappa shape index (κ3) is 2.84. The Bertz CT molecular complexity index is 627. The van der Waals surface area contributed by atoms with Crippen molar-refractivity contribution in [3.63, 3.8) is 0 Å². The van der Waals surface area contributed by atoms with Crippen molar-refractivity contribution in [2.45, 2.75) is 6.92 Å². The predicted octanol–water partition coefficient (Wildman–Crippen LogP) is 4.17. The molecule has 2 nitrogen and oxygen atoms in total. The first kappa shape index (κ1) is 13.7. The minimum absolute atomic E-state index is 0.249. The number of carbonyl (C=O) groups excluding carboxylic acids is 1. The van der Waals surface area contributed by atoms with Gasteiger partial charge in [-0.25, -0.2) is 4.39 Å². The fourth-order valence-corrected chi connectivity index (χ4v) is 2.23. The summed E-state index contributed by atoms with van der Waals surface area (Å²) >= 11 is 3.35. The van der Waals surface area contributed by atoms with Crippen LogP contribution in [0.2, 0.25) is 0 Å². The number of anilines is 1. The summed E-state index contributed by atoms with van der Waals surface area (Å²) in [6.07, 6.45) is 0. The molecule has 19 heavy (non-hydrogen) atoms. The standard InChI is InChI=1S/C15H13BrFNO/c1-10-7-8-12(16)11(9-10)15(19)18(2)14-6-4-3-5-13(14)17/h3-9H,1-2H3. The van der Waals surface area contributed by atoms with Crippen molar-refractivity contribution in [3.05, 3.63) is 63.9 Å². The van der Waals surface area contributed by atoms with Crippen LogP contribution in [0.1, 0.15) is 15.9 Å². The Balaban J connectivity index is 2.39. The van der Waals surface area contributed by atoms with E-state index < -0.39 is 5.82 Å². The molecule has 0 spiro atoms. The number of hydrogen-bond donors (Lipinski definition) is 0. The highest BCUT2D eigenvalue weighted by molar-refractivity contribution is 9.10. The topological polar surface area (TPSA) is 20.3 Å². The van der Waals surface area contributed by atoms with Crippen molar-refractivity contribution in [1.29, 1.82) is 0 Å². The minimum atomic E-state index is -0.415. The molecule has 0 aliphatic carbocycles. The molecular weight excluding hydrogens is 309 g/mol. The molecule has 0 heterocycles. The molecule has 0 aliphatic rings. The van der Waals surface area contributed by atoms with Gasteiger partial charge in [0.1, 0.15) is 5.82 Å². The fraction of sp³-hybridized carbons (Fsp3) is 0.133. The van der Waals surface area contributed by atoms with Crippen molar-refractivity contribution in [1.82, 2.24) is 0 Å². The lowest BCUT2D eigenvalue weighted by Crippen LogP contribution is -2.27. The quantitative estimate of drug-likeness (QED) is 0.812. The van der Waals surface area contributed by atoms with E-state index in [-0.39, 0.29) is 11.6 Å². The van der Waals surface area contributed by atoms with Crippen LogP contribution >= 0.6 is 15.9 Å². The van der Waals surface area contributed by atoms with Crippen LogP contribution in [-0.4, -0.2) is 13.0 Å². The monoisotopic (exact) mass is 321 g/mol. The summed E-state index contributed by atoms with van der Waals surface area (Å²) in [6, 6.07) is 11.7. The molecule has 4 heteroatoms. The SMILES string of the molecule is Cc1ccc(Br)c(C(=O)N(C)c2ccccc2F)c1. The lowest BCUT2D eigenvalue weighted by atomic mass is 10.1. The Kier molecular flexibility index (Phi) is 4.00. The predicted molar refractivity (Wildman–Crippen MR) is 78.0 cm³/mol. The number of carbonyl (C=O) groups is 1. The molecule has 0 fully saturated rings. The maximum atomic E-state index is 13.7.